The average Bonchev–Trinajstić information content (AvgIpc) is 4.13. The maximum Gasteiger partial charge on any atom is 0.264 e. The molecule has 1 atom stereocenters. The van der Waals surface area contributed by atoms with Gasteiger partial charge in [-0.25, -0.2) is 0 Å². The third kappa shape index (κ3) is 9.82. The van der Waals surface area contributed by atoms with E-state index in [1.165, 1.54) is 18.4 Å². The fraction of sp³-hybridized carbons (Fsp3) is 0.386. The Balaban J connectivity index is 1.06. The molecule has 4 heterocycles. The lowest BCUT2D eigenvalue weighted by molar-refractivity contribution is -0.131. The van der Waals surface area contributed by atoms with E-state index >= 15 is 9.59 Å². The Labute approximate surface area is 412 Å². The first-order valence-electron chi connectivity index (χ1n) is 24.7. The molecular weight excluding hydrogens is 877 g/mol. The van der Waals surface area contributed by atoms with Gasteiger partial charge in [-0.2, -0.15) is 0 Å². The van der Waals surface area contributed by atoms with Crippen molar-refractivity contribution in [3.8, 4) is 22.8 Å². The number of carbonyl (C=O) groups excluding carboxylic acids is 3. The Morgan fingerprint density at radius 1 is 0.814 bits per heavy atom. The van der Waals surface area contributed by atoms with Crippen molar-refractivity contribution in [2.75, 3.05) is 51.0 Å². The van der Waals surface area contributed by atoms with Crippen molar-refractivity contribution in [2.45, 2.75) is 91.0 Å². The quantitative estimate of drug-likeness (QED) is 0.105. The van der Waals surface area contributed by atoms with Crippen LogP contribution in [-0.4, -0.2) is 110 Å². The largest absolute Gasteiger partial charge is 0.508 e. The van der Waals surface area contributed by atoms with Gasteiger partial charge < -0.3 is 44.3 Å². The fourth-order valence-corrected chi connectivity index (χ4v) is 10.1. The van der Waals surface area contributed by atoms with E-state index in [1.807, 2.05) is 89.3 Å². The summed E-state index contributed by atoms with van der Waals surface area (Å²) in [5.74, 6) is 1.05. The van der Waals surface area contributed by atoms with Crippen LogP contribution < -0.4 is 15.4 Å². The number of phenolic OH excluding ortho intramolecular Hbond substituents is 1. The SMILES string of the molecule is Cc1c(N(C(=O)c2cc(-c3cc4c(cc3C(=O)N3Cc5ccccc5CC3CN(C)C(C)C)CN(C(=O)Cc3ccc(OCCN(C)C5CC5)cc3)CC4)n(C)c2C)c2ccc(O)cc2)cc(N)n1C. The van der Waals surface area contributed by atoms with Crippen molar-refractivity contribution >= 4 is 34.9 Å². The number of nitrogens with zero attached hydrogens (tertiary/aromatic N) is 7. The monoisotopic (exact) mass is 945 g/mol. The molecule has 3 amide bonds. The second kappa shape index (κ2) is 19.9. The zero-order chi connectivity index (χ0) is 49.5. The Morgan fingerprint density at radius 2 is 1.53 bits per heavy atom. The second-order valence-electron chi connectivity index (χ2n) is 20.0. The molecule has 9 rings (SSSR count). The van der Waals surface area contributed by atoms with E-state index in [0.29, 0.717) is 73.6 Å². The van der Waals surface area contributed by atoms with Crippen LogP contribution in [0.15, 0.2) is 97.1 Å². The van der Waals surface area contributed by atoms with Gasteiger partial charge in [-0.3, -0.25) is 19.3 Å². The highest BCUT2D eigenvalue weighted by Crippen LogP contribution is 2.39. The van der Waals surface area contributed by atoms with Crippen LogP contribution in [0.5, 0.6) is 11.5 Å². The number of nitrogen functional groups attached to an aromatic ring is 1. The van der Waals surface area contributed by atoms with Gasteiger partial charge in [0.05, 0.1) is 17.7 Å². The van der Waals surface area contributed by atoms with E-state index in [1.54, 1.807) is 35.2 Å². The highest BCUT2D eigenvalue weighted by Gasteiger charge is 2.36. The number of nitrogens with two attached hydrogens (primary N) is 1. The van der Waals surface area contributed by atoms with Crippen LogP contribution in [0.1, 0.15) is 86.6 Å². The minimum Gasteiger partial charge on any atom is -0.508 e. The van der Waals surface area contributed by atoms with Crippen LogP contribution >= 0.6 is 0 Å². The molecule has 2 aliphatic heterocycles. The Kier molecular flexibility index (Phi) is 13.7. The predicted molar refractivity (Wildman–Crippen MR) is 277 cm³/mol. The van der Waals surface area contributed by atoms with E-state index < -0.39 is 0 Å². The minimum atomic E-state index is -0.276. The molecule has 4 aromatic carbocycles. The molecule has 0 saturated heterocycles. The van der Waals surface area contributed by atoms with Crippen molar-refractivity contribution in [1.29, 1.82) is 0 Å². The number of hydrogen-bond donors (Lipinski definition) is 2. The average molecular weight is 945 g/mol. The molecular formula is C57H68N8O5. The van der Waals surface area contributed by atoms with E-state index in [0.717, 1.165) is 63.6 Å². The summed E-state index contributed by atoms with van der Waals surface area (Å²) in [5, 5.41) is 10.2. The summed E-state index contributed by atoms with van der Waals surface area (Å²) in [6.45, 7) is 11.8. The highest BCUT2D eigenvalue weighted by molar-refractivity contribution is 6.13. The van der Waals surface area contributed by atoms with Gasteiger partial charge in [0.1, 0.15) is 23.9 Å². The summed E-state index contributed by atoms with van der Waals surface area (Å²) in [4.78, 5) is 55.1. The lowest BCUT2D eigenvalue weighted by Gasteiger charge is -2.40. The summed E-state index contributed by atoms with van der Waals surface area (Å²) in [5.41, 5.74) is 16.9. The summed E-state index contributed by atoms with van der Waals surface area (Å²) >= 11 is 0. The Morgan fingerprint density at radius 3 is 2.20 bits per heavy atom. The Hall–Kier alpha value is -6.83. The van der Waals surface area contributed by atoms with Crippen LogP contribution in [0.4, 0.5) is 17.2 Å². The van der Waals surface area contributed by atoms with E-state index in [4.69, 9.17) is 10.5 Å². The molecule has 6 aromatic rings. The molecule has 1 saturated carbocycles. The molecule has 1 aliphatic carbocycles. The number of fused-ring (bicyclic) bond motifs is 2. The number of rotatable bonds is 15. The van der Waals surface area contributed by atoms with Crippen molar-refractivity contribution in [1.82, 2.24) is 28.7 Å². The number of amides is 3. The van der Waals surface area contributed by atoms with Crippen LogP contribution in [0.25, 0.3) is 11.3 Å². The van der Waals surface area contributed by atoms with Crippen LogP contribution in [-0.2, 0) is 51.2 Å². The maximum atomic E-state index is 15.7. The normalized spacial score (nSPS) is 15.7. The molecule has 1 unspecified atom stereocenters. The second-order valence-corrected chi connectivity index (χ2v) is 20.0. The van der Waals surface area contributed by atoms with E-state index in [-0.39, 0.29) is 42.0 Å². The lowest BCUT2D eigenvalue weighted by Crippen LogP contribution is -2.50. The third-order valence-electron chi connectivity index (χ3n) is 15.2. The van der Waals surface area contributed by atoms with Crippen LogP contribution in [0, 0.1) is 13.8 Å². The van der Waals surface area contributed by atoms with Gasteiger partial charge in [0, 0.05) is 105 Å². The third-order valence-corrected chi connectivity index (χ3v) is 15.2. The number of aromatic hydroxyl groups is 1. The van der Waals surface area contributed by atoms with Crippen molar-refractivity contribution in [2.24, 2.45) is 14.1 Å². The molecule has 0 radical (unpaired) electrons. The number of benzene rings is 4. The molecule has 1 fully saturated rings. The topological polar surface area (TPSA) is 133 Å². The van der Waals surface area contributed by atoms with Crippen molar-refractivity contribution in [3.63, 3.8) is 0 Å². The molecule has 13 heteroatoms. The van der Waals surface area contributed by atoms with Gasteiger partial charge in [-0.05, 0) is 150 Å². The summed E-state index contributed by atoms with van der Waals surface area (Å²) in [6.07, 6.45) is 4.13. The summed E-state index contributed by atoms with van der Waals surface area (Å²) in [6, 6.07) is 31.5. The van der Waals surface area contributed by atoms with Crippen molar-refractivity contribution in [3.05, 3.63) is 147 Å². The first-order valence-corrected chi connectivity index (χ1v) is 24.7. The molecule has 2 aromatic heterocycles. The van der Waals surface area contributed by atoms with Crippen LogP contribution in [0.3, 0.4) is 0 Å². The number of aromatic nitrogens is 2. The molecule has 3 aliphatic rings. The first kappa shape index (κ1) is 48.2. The number of carbonyl (C=O) groups is 3. The molecule has 13 nitrogen and oxygen atoms in total. The Bertz CT molecular complexity index is 2910. The number of ether oxygens (including phenoxy) is 1. The van der Waals surface area contributed by atoms with Gasteiger partial charge in [-0.1, -0.05) is 36.4 Å². The number of anilines is 3. The van der Waals surface area contributed by atoms with Gasteiger partial charge >= 0.3 is 0 Å². The number of hydrogen-bond acceptors (Lipinski definition) is 8. The molecule has 0 bridgehead atoms. The van der Waals surface area contributed by atoms with E-state index in [9.17, 15) is 9.90 Å². The zero-order valence-corrected chi connectivity index (χ0v) is 42.0. The molecule has 70 heavy (non-hydrogen) atoms. The summed E-state index contributed by atoms with van der Waals surface area (Å²) in [7, 11) is 8.06. The standard InChI is InChI=1S/C57H68N8O5/c1-36(2)60(6)35-46-28-40-11-9-10-12-42(40)34-64(46)56(68)51-30-43-33-63(55(67)27-39-13-21-48(22-14-39)70-26-25-59(5)44-15-16-44)24-23-41(43)29-50(51)53-31-49(37(3)61(53)7)57(69)65(45-17-19-47(66)20-18-45)52-32-54(58)62(8)38(52)4/h9-14,17-22,29-32,36,44,46,66H,15-16,23-28,33-35,58H2,1-8H3. The smallest absolute Gasteiger partial charge is 0.264 e. The maximum absolute atomic E-state index is 15.7. The van der Waals surface area contributed by atoms with Gasteiger partial charge in [0.15, 0.2) is 0 Å². The lowest BCUT2D eigenvalue weighted by atomic mass is 9.89. The van der Waals surface area contributed by atoms with Gasteiger partial charge in [0.2, 0.25) is 5.91 Å². The van der Waals surface area contributed by atoms with Gasteiger partial charge in [-0.15, -0.1) is 0 Å². The highest BCUT2D eigenvalue weighted by atomic mass is 16.5. The van der Waals surface area contributed by atoms with E-state index in [2.05, 4.69) is 62.0 Å². The minimum absolute atomic E-state index is 0.0292. The first-order chi connectivity index (χ1) is 33.6. The molecule has 366 valence electrons. The fourth-order valence-electron chi connectivity index (χ4n) is 10.1. The molecule has 0 spiro atoms. The zero-order valence-electron chi connectivity index (χ0n) is 42.0. The molecule has 3 N–H and O–H groups in total. The summed E-state index contributed by atoms with van der Waals surface area (Å²) < 4.78 is 9.87. The van der Waals surface area contributed by atoms with Crippen molar-refractivity contribution < 1.29 is 24.2 Å². The number of likely N-dealkylation sites (N-methyl/N-ethyl adjacent to an activating group) is 2. The van der Waals surface area contributed by atoms with Crippen LogP contribution in [0.2, 0.25) is 0 Å². The predicted octanol–water partition coefficient (Wildman–Crippen LogP) is 8.42. The number of phenols is 1. The van der Waals surface area contributed by atoms with Gasteiger partial charge in [0.25, 0.3) is 11.8 Å².